The highest BCUT2D eigenvalue weighted by molar-refractivity contribution is 6.12. The van der Waals surface area contributed by atoms with Gasteiger partial charge in [-0.3, -0.25) is 4.79 Å². The van der Waals surface area contributed by atoms with Crippen molar-refractivity contribution in [2.75, 3.05) is 29.9 Å². The van der Waals surface area contributed by atoms with Gasteiger partial charge in [-0.2, -0.15) is 0 Å². The number of nitrogens with one attached hydrogen (secondary N) is 1. The lowest BCUT2D eigenvalue weighted by atomic mass is 10.1. The predicted molar refractivity (Wildman–Crippen MR) is 112 cm³/mol. The van der Waals surface area contributed by atoms with Crippen LogP contribution in [0.15, 0.2) is 57.7 Å². The molecule has 2 aromatic carbocycles. The number of hydrogen-bond acceptors (Lipinski definition) is 5. The van der Waals surface area contributed by atoms with Crippen LogP contribution in [-0.2, 0) is 0 Å². The van der Waals surface area contributed by atoms with Gasteiger partial charge in [-0.05, 0) is 57.2 Å². The molecule has 28 heavy (non-hydrogen) atoms. The highest BCUT2D eigenvalue weighted by Crippen LogP contribution is 2.24. The van der Waals surface area contributed by atoms with E-state index in [0.717, 1.165) is 18.8 Å². The van der Waals surface area contributed by atoms with Crippen LogP contribution in [0.3, 0.4) is 0 Å². The van der Waals surface area contributed by atoms with Crippen molar-refractivity contribution in [1.29, 1.82) is 0 Å². The molecule has 1 aromatic heterocycles. The van der Waals surface area contributed by atoms with Gasteiger partial charge in [0.25, 0.3) is 5.91 Å². The zero-order valence-corrected chi connectivity index (χ0v) is 16.3. The molecule has 6 heteroatoms. The van der Waals surface area contributed by atoms with Crippen LogP contribution in [0.25, 0.3) is 11.0 Å². The second-order valence-corrected chi connectivity index (χ2v) is 6.24. The Labute approximate surface area is 163 Å². The molecule has 1 heterocycles. The highest BCUT2D eigenvalue weighted by atomic mass is 16.5. The molecule has 0 aliphatic carbocycles. The van der Waals surface area contributed by atoms with Gasteiger partial charge in [-0.15, -0.1) is 0 Å². The Morgan fingerprint density at radius 1 is 1.04 bits per heavy atom. The van der Waals surface area contributed by atoms with Gasteiger partial charge in [-0.25, -0.2) is 4.79 Å². The second-order valence-electron chi connectivity index (χ2n) is 6.24. The first kappa shape index (κ1) is 19.5. The molecule has 0 saturated heterocycles. The molecular weight excluding hydrogens is 356 g/mol. The SMILES string of the molecule is CCOc1ccc2c(C(=O)Nc3ccc(N(CC)CC)cc3)cc(=O)oc2c1. The smallest absolute Gasteiger partial charge is 0.337 e. The maximum atomic E-state index is 12.8. The number of carbonyl (C=O) groups excluding carboxylic acids is 1. The van der Waals surface area contributed by atoms with E-state index in [1.807, 2.05) is 31.2 Å². The van der Waals surface area contributed by atoms with Crippen LogP contribution in [0.1, 0.15) is 31.1 Å². The molecule has 1 N–H and O–H groups in total. The fourth-order valence-electron chi connectivity index (χ4n) is 3.13. The molecule has 1 amide bonds. The molecular formula is C22H24N2O4. The fourth-order valence-corrected chi connectivity index (χ4v) is 3.13. The molecule has 0 fully saturated rings. The molecule has 0 saturated carbocycles. The van der Waals surface area contributed by atoms with Crippen LogP contribution in [0, 0.1) is 0 Å². The predicted octanol–water partition coefficient (Wildman–Crippen LogP) is 4.29. The van der Waals surface area contributed by atoms with Crippen molar-refractivity contribution in [3.63, 3.8) is 0 Å². The van der Waals surface area contributed by atoms with Crippen molar-refractivity contribution in [3.05, 3.63) is 64.5 Å². The Balaban J connectivity index is 1.88. The van der Waals surface area contributed by atoms with Crippen molar-refractivity contribution >= 4 is 28.3 Å². The average Bonchev–Trinajstić information content (AvgIpc) is 2.69. The number of carbonyl (C=O) groups is 1. The quantitative estimate of drug-likeness (QED) is 0.619. The Bertz CT molecular complexity index is 1020. The molecule has 0 aliphatic rings. The molecule has 0 radical (unpaired) electrons. The number of rotatable bonds is 7. The molecule has 0 unspecified atom stereocenters. The third kappa shape index (κ3) is 4.17. The van der Waals surface area contributed by atoms with Gasteiger partial charge in [0, 0.05) is 42.0 Å². The number of benzene rings is 2. The molecule has 6 nitrogen and oxygen atoms in total. The van der Waals surface area contributed by atoms with Gasteiger partial charge in [0.2, 0.25) is 0 Å². The van der Waals surface area contributed by atoms with E-state index in [4.69, 9.17) is 9.15 Å². The number of anilines is 2. The summed E-state index contributed by atoms with van der Waals surface area (Å²) >= 11 is 0. The third-order valence-corrected chi connectivity index (χ3v) is 4.53. The largest absolute Gasteiger partial charge is 0.494 e. The van der Waals surface area contributed by atoms with Crippen LogP contribution < -0.4 is 20.6 Å². The topological polar surface area (TPSA) is 71.8 Å². The first-order valence-electron chi connectivity index (χ1n) is 9.42. The summed E-state index contributed by atoms with van der Waals surface area (Å²) in [4.78, 5) is 26.9. The number of nitrogens with zero attached hydrogens (tertiary/aromatic N) is 1. The summed E-state index contributed by atoms with van der Waals surface area (Å²) in [5.74, 6) is 0.223. The Morgan fingerprint density at radius 2 is 1.75 bits per heavy atom. The average molecular weight is 380 g/mol. The fraction of sp³-hybridized carbons (Fsp3) is 0.273. The second kappa shape index (κ2) is 8.61. The highest BCUT2D eigenvalue weighted by Gasteiger charge is 2.14. The van der Waals surface area contributed by atoms with Crippen LogP contribution >= 0.6 is 0 Å². The van der Waals surface area contributed by atoms with Crippen LogP contribution in [-0.4, -0.2) is 25.6 Å². The van der Waals surface area contributed by atoms with Crippen molar-refractivity contribution in [2.45, 2.75) is 20.8 Å². The summed E-state index contributed by atoms with van der Waals surface area (Å²) < 4.78 is 10.7. The van der Waals surface area contributed by atoms with E-state index in [1.54, 1.807) is 18.2 Å². The lowest BCUT2D eigenvalue weighted by molar-refractivity contribution is 0.102. The van der Waals surface area contributed by atoms with E-state index >= 15 is 0 Å². The van der Waals surface area contributed by atoms with E-state index in [2.05, 4.69) is 24.1 Å². The van der Waals surface area contributed by atoms with Gasteiger partial charge in [-0.1, -0.05) is 0 Å². The monoisotopic (exact) mass is 380 g/mol. The number of hydrogen-bond donors (Lipinski definition) is 1. The summed E-state index contributed by atoms with van der Waals surface area (Å²) in [7, 11) is 0. The van der Waals surface area contributed by atoms with Crippen LogP contribution in [0.2, 0.25) is 0 Å². The van der Waals surface area contributed by atoms with Gasteiger partial charge in [0.1, 0.15) is 11.3 Å². The summed E-state index contributed by atoms with van der Waals surface area (Å²) in [5, 5.41) is 3.41. The maximum absolute atomic E-state index is 12.8. The first-order chi connectivity index (χ1) is 13.5. The van der Waals surface area contributed by atoms with Gasteiger partial charge in [0.05, 0.1) is 12.2 Å². The van der Waals surface area contributed by atoms with Gasteiger partial charge >= 0.3 is 5.63 Å². The summed E-state index contributed by atoms with van der Waals surface area (Å²) in [5.41, 5.74) is 1.76. The number of ether oxygens (including phenoxy) is 1. The lowest BCUT2D eigenvalue weighted by Crippen LogP contribution is -2.21. The zero-order chi connectivity index (χ0) is 20.1. The summed E-state index contributed by atoms with van der Waals surface area (Å²) in [6, 6.07) is 13.9. The van der Waals surface area contributed by atoms with E-state index in [9.17, 15) is 9.59 Å². The minimum absolute atomic E-state index is 0.266. The van der Waals surface area contributed by atoms with Gasteiger partial charge < -0.3 is 19.4 Å². The minimum atomic E-state index is -0.580. The summed E-state index contributed by atoms with van der Waals surface area (Å²) in [6.07, 6.45) is 0. The van der Waals surface area contributed by atoms with E-state index in [0.29, 0.717) is 29.0 Å². The van der Waals surface area contributed by atoms with E-state index < -0.39 is 5.63 Å². The first-order valence-corrected chi connectivity index (χ1v) is 9.42. The number of fused-ring (bicyclic) bond motifs is 1. The standard InChI is InChI=1S/C22H24N2O4/c1-4-24(5-2)16-9-7-15(8-10-16)23-22(26)19-14-21(25)28-20-13-17(27-6-3)11-12-18(19)20/h7-14H,4-6H2,1-3H3,(H,23,26). The van der Waals surface area contributed by atoms with E-state index in [1.165, 1.54) is 6.07 Å². The Kier molecular flexibility index (Phi) is 5.99. The number of amides is 1. The van der Waals surface area contributed by atoms with Crippen LogP contribution in [0.4, 0.5) is 11.4 Å². The van der Waals surface area contributed by atoms with Crippen LogP contribution in [0.5, 0.6) is 5.75 Å². The lowest BCUT2D eigenvalue weighted by Gasteiger charge is -2.21. The molecule has 0 aliphatic heterocycles. The summed E-state index contributed by atoms with van der Waals surface area (Å²) in [6.45, 7) is 8.40. The molecule has 0 atom stereocenters. The minimum Gasteiger partial charge on any atom is -0.494 e. The molecule has 0 bridgehead atoms. The van der Waals surface area contributed by atoms with Crippen molar-refractivity contribution in [1.82, 2.24) is 0 Å². The van der Waals surface area contributed by atoms with Crippen molar-refractivity contribution < 1.29 is 13.9 Å². The Hall–Kier alpha value is -3.28. The molecule has 3 rings (SSSR count). The van der Waals surface area contributed by atoms with Crippen molar-refractivity contribution in [2.24, 2.45) is 0 Å². The van der Waals surface area contributed by atoms with Gasteiger partial charge in [0.15, 0.2) is 0 Å². The maximum Gasteiger partial charge on any atom is 0.337 e. The zero-order valence-electron chi connectivity index (χ0n) is 16.3. The Morgan fingerprint density at radius 3 is 2.39 bits per heavy atom. The third-order valence-electron chi connectivity index (χ3n) is 4.53. The molecule has 3 aromatic rings. The normalized spacial score (nSPS) is 10.7. The molecule has 146 valence electrons. The van der Waals surface area contributed by atoms with E-state index in [-0.39, 0.29) is 11.5 Å². The molecule has 0 spiro atoms. The van der Waals surface area contributed by atoms with Crippen molar-refractivity contribution in [3.8, 4) is 5.75 Å².